The van der Waals surface area contributed by atoms with Gasteiger partial charge in [-0.2, -0.15) is 0 Å². The third kappa shape index (κ3) is 2.99. The smallest absolute Gasteiger partial charge is 0.336 e. The summed E-state index contributed by atoms with van der Waals surface area (Å²) in [5.74, 6) is -0.961. The average molecular weight is 266 g/mol. The van der Waals surface area contributed by atoms with Gasteiger partial charge in [-0.15, -0.1) is 0 Å². The SMILES string of the molecule is O=C(O)c1ccncc1Sc1cccc(Cl)c1. The lowest BCUT2D eigenvalue weighted by Gasteiger charge is -2.04. The molecular weight excluding hydrogens is 258 g/mol. The second-order valence-electron chi connectivity index (χ2n) is 3.24. The molecule has 0 saturated heterocycles. The number of aromatic carboxylic acids is 1. The Bertz CT molecular complexity index is 560. The summed E-state index contributed by atoms with van der Waals surface area (Å²) in [5, 5.41) is 9.65. The van der Waals surface area contributed by atoms with Crippen LogP contribution in [0.5, 0.6) is 0 Å². The standard InChI is InChI=1S/C12H8ClNO2S/c13-8-2-1-3-9(6-8)17-11-7-14-5-4-10(11)12(15)16/h1-7H,(H,15,16). The first-order valence-electron chi connectivity index (χ1n) is 4.77. The van der Waals surface area contributed by atoms with E-state index in [0.29, 0.717) is 9.92 Å². The number of halogens is 1. The van der Waals surface area contributed by atoms with E-state index in [1.54, 1.807) is 12.1 Å². The number of pyridine rings is 1. The molecular formula is C12H8ClNO2S. The van der Waals surface area contributed by atoms with Crippen LogP contribution in [0.4, 0.5) is 0 Å². The van der Waals surface area contributed by atoms with Crippen LogP contribution in [0.15, 0.2) is 52.5 Å². The summed E-state index contributed by atoms with van der Waals surface area (Å²) >= 11 is 7.20. The van der Waals surface area contributed by atoms with Gasteiger partial charge in [0.2, 0.25) is 0 Å². The maximum atomic E-state index is 11.0. The van der Waals surface area contributed by atoms with Crippen molar-refractivity contribution in [2.75, 3.05) is 0 Å². The monoisotopic (exact) mass is 265 g/mol. The number of nitrogens with zero attached hydrogens (tertiary/aromatic N) is 1. The molecule has 0 bridgehead atoms. The molecule has 0 aliphatic heterocycles. The van der Waals surface area contributed by atoms with Gasteiger partial charge in [0.1, 0.15) is 0 Å². The molecule has 3 nitrogen and oxygen atoms in total. The number of carbonyl (C=O) groups is 1. The molecule has 0 unspecified atom stereocenters. The van der Waals surface area contributed by atoms with Crippen LogP contribution >= 0.6 is 23.4 Å². The van der Waals surface area contributed by atoms with Gasteiger partial charge in [0.25, 0.3) is 0 Å². The highest BCUT2D eigenvalue weighted by molar-refractivity contribution is 7.99. The summed E-state index contributed by atoms with van der Waals surface area (Å²) in [5.41, 5.74) is 0.241. The molecule has 0 aliphatic carbocycles. The van der Waals surface area contributed by atoms with E-state index in [2.05, 4.69) is 4.98 Å². The second-order valence-corrected chi connectivity index (χ2v) is 4.79. The van der Waals surface area contributed by atoms with Gasteiger partial charge in [0, 0.05) is 27.2 Å². The topological polar surface area (TPSA) is 50.2 Å². The van der Waals surface area contributed by atoms with Crippen molar-refractivity contribution >= 4 is 29.3 Å². The van der Waals surface area contributed by atoms with Crippen LogP contribution in [0, 0.1) is 0 Å². The Kier molecular flexibility index (Phi) is 3.66. The number of rotatable bonds is 3. The first-order valence-corrected chi connectivity index (χ1v) is 5.97. The minimum Gasteiger partial charge on any atom is -0.478 e. The molecule has 0 aliphatic rings. The fourth-order valence-corrected chi connectivity index (χ4v) is 2.52. The fourth-order valence-electron chi connectivity index (χ4n) is 1.30. The molecule has 1 aromatic carbocycles. The zero-order chi connectivity index (χ0) is 12.3. The highest BCUT2D eigenvalue weighted by atomic mass is 35.5. The van der Waals surface area contributed by atoms with E-state index in [0.717, 1.165) is 4.90 Å². The molecule has 0 amide bonds. The molecule has 0 atom stereocenters. The maximum absolute atomic E-state index is 11.0. The molecule has 5 heteroatoms. The Morgan fingerprint density at radius 1 is 1.35 bits per heavy atom. The Hall–Kier alpha value is -1.52. The predicted molar refractivity (Wildman–Crippen MR) is 66.8 cm³/mol. The summed E-state index contributed by atoms with van der Waals surface area (Å²) in [6.07, 6.45) is 3.00. The van der Waals surface area contributed by atoms with E-state index < -0.39 is 5.97 Å². The van der Waals surface area contributed by atoms with Gasteiger partial charge in [-0.1, -0.05) is 29.4 Å². The molecule has 2 aromatic rings. The molecule has 2 rings (SSSR count). The van der Waals surface area contributed by atoms with E-state index in [-0.39, 0.29) is 5.56 Å². The summed E-state index contributed by atoms with van der Waals surface area (Å²) in [7, 11) is 0. The van der Waals surface area contributed by atoms with Crippen molar-refractivity contribution in [1.82, 2.24) is 4.98 Å². The van der Waals surface area contributed by atoms with Crippen molar-refractivity contribution in [3.05, 3.63) is 53.3 Å². The van der Waals surface area contributed by atoms with Gasteiger partial charge in [0.05, 0.1) is 5.56 Å². The number of hydrogen-bond donors (Lipinski definition) is 1. The number of carboxylic acid groups (broad SMARTS) is 1. The Labute approximate surface area is 107 Å². The quantitative estimate of drug-likeness (QED) is 0.921. The van der Waals surface area contributed by atoms with Gasteiger partial charge in [-0.3, -0.25) is 4.98 Å². The summed E-state index contributed by atoms with van der Waals surface area (Å²) in [6.45, 7) is 0. The van der Waals surface area contributed by atoms with Gasteiger partial charge in [-0.05, 0) is 24.3 Å². The van der Waals surface area contributed by atoms with Gasteiger partial charge in [0.15, 0.2) is 0 Å². The molecule has 1 N–H and O–H groups in total. The summed E-state index contributed by atoms with van der Waals surface area (Å²) in [4.78, 5) is 16.4. The normalized spacial score (nSPS) is 10.2. The van der Waals surface area contributed by atoms with Crippen molar-refractivity contribution in [3.63, 3.8) is 0 Å². The lowest BCUT2D eigenvalue weighted by Crippen LogP contribution is -1.98. The van der Waals surface area contributed by atoms with Crippen LogP contribution in [-0.2, 0) is 0 Å². The van der Waals surface area contributed by atoms with Crippen molar-refractivity contribution in [1.29, 1.82) is 0 Å². The third-order valence-electron chi connectivity index (χ3n) is 2.04. The summed E-state index contributed by atoms with van der Waals surface area (Å²) < 4.78 is 0. The lowest BCUT2D eigenvalue weighted by molar-refractivity contribution is 0.0693. The van der Waals surface area contributed by atoms with Crippen molar-refractivity contribution < 1.29 is 9.90 Å². The van der Waals surface area contributed by atoms with E-state index in [1.165, 1.54) is 30.2 Å². The maximum Gasteiger partial charge on any atom is 0.336 e. The van der Waals surface area contributed by atoms with E-state index in [1.807, 2.05) is 12.1 Å². The van der Waals surface area contributed by atoms with Crippen LogP contribution in [-0.4, -0.2) is 16.1 Å². The van der Waals surface area contributed by atoms with E-state index in [9.17, 15) is 4.79 Å². The van der Waals surface area contributed by atoms with Crippen molar-refractivity contribution in [2.24, 2.45) is 0 Å². The Morgan fingerprint density at radius 2 is 2.18 bits per heavy atom. The third-order valence-corrected chi connectivity index (χ3v) is 3.31. The van der Waals surface area contributed by atoms with Gasteiger partial charge < -0.3 is 5.11 Å². The van der Waals surface area contributed by atoms with Crippen LogP contribution < -0.4 is 0 Å². The minimum atomic E-state index is -0.961. The number of carboxylic acids is 1. The predicted octanol–water partition coefficient (Wildman–Crippen LogP) is 3.58. The number of aromatic nitrogens is 1. The van der Waals surface area contributed by atoms with Crippen LogP contribution in [0.1, 0.15) is 10.4 Å². The Balaban J connectivity index is 2.33. The average Bonchev–Trinajstić information content (AvgIpc) is 2.29. The molecule has 86 valence electrons. The lowest BCUT2D eigenvalue weighted by atomic mass is 10.3. The Morgan fingerprint density at radius 3 is 2.88 bits per heavy atom. The molecule has 17 heavy (non-hydrogen) atoms. The molecule has 0 spiro atoms. The molecule has 0 saturated carbocycles. The number of benzene rings is 1. The highest BCUT2D eigenvalue weighted by Gasteiger charge is 2.10. The van der Waals surface area contributed by atoms with E-state index in [4.69, 9.17) is 16.7 Å². The van der Waals surface area contributed by atoms with Crippen molar-refractivity contribution in [2.45, 2.75) is 9.79 Å². The molecule has 0 radical (unpaired) electrons. The largest absolute Gasteiger partial charge is 0.478 e. The first-order chi connectivity index (χ1) is 8.16. The zero-order valence-electron chi connectivity index (χ0n) is 8.63. The highest BCUT2D eigenvalue weighted by Crippen LogP contribution is 2.31. The molecule has 1 heterocycles. The molecule has 0 fully saturated rings. The summed E-state index contributed by atoms with van der Waals surface area (Å²) in [6, 6.07) is 8.73. The molecule has 1 aromatic heterocycles. The first kappa shape index (κ1) is 12.0. The van der Waals surface area contributed by atoms with Crippen LogP contribution in [0.25, 0.3) is 0 Å². The van der Waals surface area contributed by atoms with Gasteiger partial charge >= 0.3 is 5.97 Å². The minimum absolute atomic E-state index is 0.241. The number of hydrogen-bond acceptors (Lipinski definition) is 3. The fraction of sp³-hybridized carbons (Fsp3) is 0. The van der Waals surface area contributed by atoms with Crippen LogP contribution in [0.3, 0.4) is 0 Å². The van der Waals surface area contributed by atoms with Crippen LogP contribution in [0.2, 0.25) is 5.02 Å². The van der Waals surface area contributed by atoms with E-state index >= 15 is 0 Å². The zero-order valence-corrected chi connectivity index (χ0v) is 10.2. The van der Waals surface area contributed by atoms with Gasteiger partial charge in [-0.25, -0.2) is 4.79 Å². The second kappa shape index (κ2) is 5.21. The van der Waals surface area contributed by atoms with Crippen molar-refractivity contribution in [3.8, 4) is 0 Å².